The topological polar surface area (TPSA) is 83.7 Å². The van der Waals surface area contributed by atoms with Crippen molar-refractivity contribution in [3.05, 3.63) is 75.8 Å². The highest BCUT2D eigenvalue weighted by molar-refractivity contribution is 8.00. The van der Waals surface area contributed by atoms with Crippen molar-refractivity contribution in [2.24, 2.45) is 0 Å². The lowest BCUT2D eigenvalue weighted by Gasteiger charge is -2.26. The first-order valence-electron chi connectivity index (χ1n) is 7.44. The van der Waals surface area contributed by atoms with E-state index in [1.165, 1.54) is 36.0 Å². The monoisotopic (exact) mass is 344 g/mol. The second-order valence-electron chi connectivity index (χ2n) is 5.48. The van der Waals surface area contributed by atoms with Crippen LogP contribution in [0.2, 0.25) is 0 Å². The number of carbonyl (C=O) groups is 1. The summed E-state index contributed by atoms with van der Waals surface area (Å²) < 4.78 is 0. The average Bonchev–Trinajstić information content (AvgIpc) is 2.96. The van der Waals surface area contributed by atoms with Crippen molar-refractivity contribution in [2.45, 2.75) is 11.5 Å². The molecule has 3 rings (SSSR count). The molecule has 124 valence electrons. The summed E-state index contributed by atoms with van der Waals surface area (Å²) in [4.78, 5) is 24.0. The summed E-state index contributed by atoms with van der Waals surface area (Å²) in [6.45, 7) is 0.156. The molecule has 0 spiro atoms. The van der Waals surface area contributed by atoms with Crippen LogP contribution in [-0.2, 0) is 4.79 Å². The maximum absolute atomic E-state index is 12.2. The van der Waals surface area contributed by atoms with Crippen molar-refractivity contribution < 1.29 is 14.8 Å². The Kier molecular flexibility index (Phi) is 4.82. The van der Waals surface area contributed by atoms with Gasteiger partial charge in [0.25, 0.3) is 5.69 Å². The molecular weight excluding hydrogens is 328 g/mol. The lowest BCUT2D eigenvalue weighted by atomic mass is 10.1. The third-order valence-electron chi connectivity index (χ3n) is 3.91. The first kappa shape index (κ1) is 16.5. The van der Waals surface area contributed by atoms with E-state index in [9.17, 15) is 20.0 Å². The number of aliphatic hydroxyl groups excluding tert-OH is 1. The van der Waals surface area contributed by atoms with Gasteiger partial charge in [-0.2, -0.15) is 0 Å². The normalized spacial score (nSPS) is 18.6. The van der Waals surface area contributed by atoms with E-state index in [0.29, 0.717) is 11.3 Å². The molecule has 0 aromatic heterocycles. The number of hydrogen-bond acceptors (Lipinski definition) is 5. The van der Waals surface area contributed by atoms with Gasteiger partial charge in [0.15, 0.2) is 0 Å². The standard InChI is InChI=1S/C17H16N2O4S/c20-15(12-6-8-14(9-7-12)19(22)23)10-18-16(21)11-24-17(18)13-4-2-1-3-5-13/h1-9,15,17,20H,10-11H2/t15-,17-/m0/s1. The second kappa shape index (κ2) is 7.02. The Hall–Kier alpha value is -2.38. The summed E-state index contributed by atoms with van der Waals surface area (Å²) in [5.74, 6) is 0.363. The van der Waals surface area contributed by atoms with Crippen LogP contribution in [0, 0.1) is 10.1 Å². The number of thioether (sulfide) groups is 1. The predicted octanol–water partition coefficient (Wildman–Crippen LogP) is 2.90. The highest BCUT2D eigenvalue weighted by Crippen LogP contribution is 2.39. The molecule has 1 aliphatic rings. The zero-order valence-corrected chi connectivity index (χ0v) is 13.6. The number of rotatable bonds is 5. The minimum Gasteiger partial charge on any atom is -0.387 e. The number of aliphatic hydroxyl groups is 1. The fourth-order valence-electron chi connectivity index (χ4n) is 2.66. The van der Waals surface area contributed by atoms with E-state index >= 15 is 0 Å². The van der Waals surface area contributed by atoms with E-state index in [-0.39, 0.29) is 23.5 Å². The molecule has 2 aromatic carbocycles. The number of hydrogen-bond donors (Lipinski definition) is 1. The first-order valence-corrected chi connectivity index (χ1v) is 8.49. The van der Waals surface area contributed by atoms with Gasteiger partial charge in [-0.3, -0.25) is 14.9 Å². The third kappa shape index (κ3) is 3.42. The molecule has 24 heavy (non-hydrogen) atoms. The lowest BCUT2D eigenvalue weighted by Crippen LogP contribution is -2.32. The molecule has 1 amide bonds. The van der Waals surface area contributed by atoms with Gasteiger partial charge < -0.3 is 10.0 Å². The molecule has 1 N–H and O–H groups in total. The Labute approximate surface area is 143 Å². The van der Waals surface area contributed by atoms with Crippen molar-refractivity contribution in [2.75, 3.05) is 12.3 Å². The molecule has 0 aliphatic carbocycles. The summed E-state index contributed by atoms with van der Waals surface area (Å²) in [6, 6.07) is 15.4. The van der Waals surface area contributed by atoms with Crippen molar-refractivity contribution in [1.29, 1.82) is 0 Å². The van der Waals surface area contributed by atoms with Gasteiger partial charge in [0, 0.05) is 12.1 Å². The van der Waals surface area contributed by atoms with E-state index in [0.717, 1.165) is 5.56 Å². The van der Waals surface area contributed by atoms with Gasteiger partial charge in [-0.25, -0.2) is 0 Å². The largest absolute Gasteiger partial charge is 0.387 e. The van der Waals surface area contributed by atoms with Crippen LogP contribution in [0.1, 0.15) is 22.6 Å². The Morgan fingerprint density at radius 1 is 1.21 bits per heavy atom. The highest BCUT2D eigenvalue weighted by Gasteiger charge is 2.34. The molecule has 1 saturated heterocycles. The summed E-state index contributed by atoms with van der Waals surface area (Å²) in [6.07, 6.45) is -0.889. The summed E-state index contributed by atoms with van der Waals surface area (Å²) >= 11 is 1.53. The SMILES string of the molecule is O=C1CS[C@@H](c2ccccc2)N1C[C@H](O)c1ccc([N+](=O)[O-])cc1. The van der Waals surface area contributed by atoms with E-state index < -0.39 is 11.0 Å². The molecular formula is C17H16N2O4S. The first-order chi connectivity index (χ1) is 11.6. The lowest BCUT2D eigenvalue weighted by molar-refractivity contribution is -0.384. The molecule has 0 saturated carbocycles. The molecule has 1 aliphatic heterocycles. The number of benzene rings is 2. The van der Waals surface area contributed by atoms with Gasteiger partial charge in [0.1, 0.15) is 5.37 Å². The van der Waals surface area contributed by atoms with Crippen molar-refractivity contribution in [3.8, 4) is 0 Å². The van der Waals surface area contributed by atoms with E-state index in [2.05, 4.69) is 0 Å². The molecule has 7 heteroatoms. The fourth-order valence-corrected chi connectivity index (χ4v) is 3.85. The molecule has 1 fully saturated rings. The fraction of sp³-hybridized carbons (Fsp3) is 0.235. The van der Waals surface area contributed by atoms with Crippen LogP contribution in [0.3, 0.4) is 0 Å². The molecule has 0 radical (unpaired) electrons. The molecule has 0 unspecified atom stereocenters. The van der Waals surface area contributed by atoms with Crippen molar-refractivity contribution in [3.63, 3.8) is 0 Å². The number of carbonyl (C=O) groups excluding carboxylic acids is 1. The second-order valence-corrected chi connectivity index (χ2v) is 6.55. The molecule has 6 nitrogen and oxygen atoms in total. The van der Waals surface area contributed by atoms with Gasteiger partial charge in [0.05, 0.1) is 23.3 Å². The van der Waals surface area contributed by atoms with Crippen LogP contribution >= 0.6 is 11.8 Å². The van der Waals surface area contributed by atoms with Crippen LogP contribution in [0.25, 0.3) is 0 Å². The van der Waals surface area contributed by atoms with Gasteiger partial charge >= 0.3 is 0 Å². The summed E-state index contributed by atoms with van der Waals surface area (Å²) in [5.41, 5.74) is 1.54. The summed E-state index contributed by atoms with van der Waals surface area (Å²) in [5, 5.41) is 21.0. The molecule has 2 aromatic rings. The minimum absolute atomic E-state index is 0.0187. The number of β-amino-alcohol motifs (C(OH)–C–C–N with tert-alkyl or cyclic N) is 1. The maximum atomic E-state index is 12.2. The van der Waals surface area contributed by atoms with Crippen LogP contribution in [0.4, 0.5) is 5.69 Å². The van der Waals surface area contributed by atoms with E-state index in [4.69, 9.17) is 0 Å². The Morgan fingerprint density at radius 2 is 1.88 bits per heavy atom. The Balaban J connectivity index is 1.75. The Morgan fingerprint density at radius 3 is 2.50 bits per heavy atom. The van der Waals surface area contributed by atoms with Gasteiger partial charge in [-0.15, -0.1) is 11.8 Å². The number of amides is 1. The van der Waals surface area contributed by atoms with Crippen molar-refractivity contribution >= 4 is 23.4 Å². The zero-order valence-electron chi connectivity index (χ0n) is 12.7. The summed E-state index contributed by atoms with van der Waals surface area (Å²) in [7, 11) is 0. The predicted molar refractivity (Wildman–Crippen MR) is 91.4 cm³/mol. The molecule has 2 atom stereocenters. The highest BCUT2D eigenvalue weighted by atomic mass is 32.2. The smallest absolute Gasteiger partial charge is 0.269 e. The van der Waals surface area contributed by atoms with Gasteiger partial charge in [-0.1, -0.05) is 30.3 Å². The molecule has 1 heterocycles. The number of nitro benzene ring substituents is 1. The number of non-ortho nitro benzene ring substituents is 1. The minimum atomic E-state index is -0.889. The van der Waals surface area contributed by atoms with Crippen LogP contribution in [0.5, 0.6) is 0 Å². The van der Waals surface area contributed by atoms with E-state index in [1.54, 1.807) is 4.90 Å². The van der Waals surface area contributed by atoms with Crippen LogP contribution < -0.4 is 0 Å². The molecule has 0 bridgehead atoms. The number of nitrogens with zero attached hydrogens (tertiary/aromatic N) is 2. The van der Waals surface area contributed by atoms with Crippen molar-refractivity contribution in [1.82, 2.24) is 4.90 Å². The average molecular weight is 344 g/mol. The quantitative estimate of drug-likeness (QED) is 0.666. The Bertz CT molecular complexity index is 736. The van der Waals surface area contributed by atoms with Crippen LogP contribution in [0.15, 0.2) is 54.6 Å². The number of nitro groups is 1. The maximum Gasteiger partial charge on any atom is 0.269 e. The van der Waals surface area contributed by atoms with Gasteiger partial charge in [-0.05, 0) is 23.3 Å². The van der Waals surface area contributed by atoms with E-state index in [1.807, 2.05) is 30.3 Å². The van der Waals surface area contributed by atoms with Crippen LogP contribution in [-0.4, -0.2) is 33.1 Å². The van der Waals surface area contributed by atoms with Gasteiger partial charge in [0.2, 0.25) is 5.91 Å². The third-order valence-corrected chi connectivity index (χ3v) is 5.17. The zero-order chi connectivity index (χ0) is 17.1.